The lowest BCUT2D eigenvalue weighted by atomic mass is 10.0. The van der Waals surface area contributed by atoms with Crippen LogP contribution in [0.3, 0.4) is 0 Å². The number of urea groups is 1. The highest BCUT2D eigenvalue weighted by atomic mass is 16.2. The highest BCUT2D eigenvalue weighted by Crippen LogP contribution is 2.21. The van der Waals surface area contributed by atoms with Gasteiger partial charge in [0.1, 0.15) is 6.29 Å². The summed E-state index contributed by atoms with van der Waals surface area (Å²) in [6.07, 6.45) is 2.61. The van der Waals surface area contributed by atoms with Crippen LogP contribution in [0.1, 0.15) is 12.8 Å². The second-order valence-electron chi connectivity index (χ2n) is 3.08. The number of aldehydes is 1. The van der Waals surface area contributed by atoms with Crippen molar-refractivity contribution in [3.63, 3.8) is 0 Å². The average Bonchev–Trinajstić information content (AvgIpc) is 2.30. The summed E-state index contributed by atoms with van der Waals surface area (Å²) >= 11 is 0. The van der Waals surface area contributed by atoms with Crippen LogP contribution in [0.4, 0.5) is 4.79 Å². The van der Waals surface area contributed by atoms with Gasteiger partial charge in [0.2, 0.25) is 0 Å². The van der Waals surface area contributed by atoms with Gasteiger partial charge >= 0.3 is 6.03 Å². The number of hydrogen-bond donors (Lipinski definition) is 1. The minimum atomic E-state index is -0.172. The van der Waals surface area contributed by atoms with Gasteiger partial charge in [0, 0.05) is 12.6 Å². The first-order chi connectivity index (χ1) is 5.31. The Morgan fingerprint density at radius 2 is 2.36 bits per heavy atom. The minimum Gasteiger partial charge on any atom is -0.333 e. The van der Waals surface area contributed by atoms with Gasteiger partial charge in [-0.2, -0.15) is 0 Å². The summed E-state index contributed by atoms with van der Waals surface area (Å²) in [7, 11) is 0. The minimum absolute atomic E-state index is 0.0791. The molecule has 0 spiro atoms. The highest BCUT2D eigenvalue weighted by molar-refractivity contribution is 5.81. The number of fused-ring (bicyclic) bond motifs is 2. The van der Waals surface area contributed by atoms with Crippen molar-refractivity contribution >= 4 is 12.3 Å². The predicted molar refractivity (Wildman–Crippen MR) is 38.1 cm³/mol. The molecule has 60 valence electrons. The predicted octanol–water partition coefficient (Wildman–Crippen LogP) is -0.258. The van der Waals surface area contributed by atoms with Crippen LogP contribution in [0.25, 0.3) is 0 Å². The number of piperidine rings is 1. The molecule has 2 atom stereocenters. The molecule has 2 heterocycles. The largest absolute Gasteiger partial charge is 0.333 e. The molecule has 0 aromatic carbocycles. The number of nitrogens with one attached hydrogen (secondary N) is 1. The lowest BCUT2D eigenvalue weighted by Crippen LogP contribution is -2.40. The van der Waals surface area contributed by atoms with Crippen molar-refractivity contribution < 1.29 is 9.59 Å². The maximum absolute atomic E-state index is 11.1. The highest BCUT2D eigenvalue weighted by Gasteiger charge is 2.37. The van der Waals surface area contributed by atoms with Crippen molar-refractivity contribution in [3.05, 3.63) is 0 Å². The molecule has 2 aliphatic rings. The smallest absolute Gasteiger partial charge is 0.318 e. The fourth-order valence-corrected chi connectivity index (χ4v) is 1.74. The Hall–Kier alpha value is -1.06. The zero-order valence-electron chi connectivity index (χ0n) is 6.12. The molecule has 1 unspecified atom stereocenters. The maximum Gasteiger partial charge on any atom is 0.318 e. The van der Waals surface area contributed by atoms with E-state index in [0.717, 1.165) is 19.1 Å². The van der Waals surface area contributed by atoms with Crippen LogP contribution in [-0.4, -0.2) is 35.8 Å². The van der Waals surface area contributed by atoms with E-state index < -0.39 is 0 Å². The standard InChI is InChI=1S/C7H10N2O2/c10-4-6-2-1-5-3-9(6)7(11)8-5/h4-6H,1-3H2,(H,8,11)/t5?,6-/m0/s1. The Morgan fingerprint density at radius 3 is 3.09 bits per heavy atom. The van der Waals surface area contributed by atoms with Crippen molar-refractivity contribution in [3.8, 4) is 0 Å². The van der Waals surface area contributed by atoms with Gasteiger partial charge in [-0.25, -0.2) is 4.79 Å². The third kappa shape index (κ3) is 0.895. The van der Waals surface area contributed by atoms with Gasteiger partial charge in [-0.1, -0.05) is 0 Å². The molecule has 2 aliphatic heterocycles. The number of nitrogens with zero attached hydrogens (tertiary/aromatic N) is 1. The van der Waals surface area contributed by atoms with Crippen molar-refractivity contribution in [2.75, 3.05) is 6.54 Å². The molecular formula is C7H10N2O2. The van der Waals surface area contributed by atoms with E-state index in [1.165, 1.54) is 0 Å². The molecule has 2 saturated heterocycles. The second kappa shape index (κ2) is 2.22. The Morgan fingerprint density at radius 1 is 1.55 bits per heavy atom. The molecule has 0 aromatic rings. The SMILES string of the molecule is O=C[C@@H]1CCC2CN1C(=O)N2. The molecule has 0 aliphatic carbocycles. The Kier molecular flexibility index (Phi) is 1.34. The van der Waals surface area contributed by atoms with Gasteiger partial charge in [0.15, 0.2) is 0 Å². The average molecular weight is 154 g/mol. The molecule has 1 N–H and O–H groups in total. The van der Waals surface area contributed by atoms with Crippen LogP contribution in [0, 0.1) is 0 Å². The topological polar surface area (TPSA) is 49.4 Å². The fourth-order valence-electron chi connectivity index (χ4n) is 1.74. The first-order valence-corrected chi connectivity index (χ1v) is 3.83. The van der Waals surface area contributed by atoms with E-state index in [-0.39, 0.29) is 12.1 Å². The van der Waals surface area contributed by atoms with E-state index >= 15 is 0 Å². The van der Waals surface area contributed by atoms with Crippen LogP contribution in [-0.2, 0) is 4.79 Å². The normalized spacial score (nSPS) is 35.3. The maximum atomic E-state index is 11.1. The third-order valence-electron chi connectivity index (χ3n) is 2.37. The Labute approximate surface area is 64.5 Å². The van der Waals surface area contributed by atoms with Crippen LogP contribution >= 0.6 is 0 Å². The van der Waals surface area contributed by atoms with Gasteiger partial charge in [0.25, 0.3) is 0 Å². The van der Waals surface area contributed by atoms with Crippen LogP contribution in [0.15, 0.2) is 0 Å². The molecule has 0 saturated carbocycles. The quantitative estimate of drug-likeness (QED) is 0.529. The summed E-state index contributed by atoms with van der Waals surface area (Å²) in [5, 5.41) is 2.81. The van der Waals surface area contributed by atoms with Crippen LogP contribution in [0.5, 0.6) is 0 Å². The number of carbonyl (C=O) groups is 2. The number of amides is 2. The number of carbonyl (C=O) groups excluding carboxylic acids is 2. The second-order valence-corrected chi connectivity index (χ2v) is 3.08. The molecule has 2 bridgehead atoms. The molecule has 2 amide bonds. The van der Waals surface area contributed by atoms with Gasteiger partial charge in [-0.05, 0) is 12.8 Å². The van der Waals surface area contributed by atoms with E-state index in [9.17, 15) is 9.59 Å². The van der Waals surface area contributed by atoms with Crippen LogP contribution in [0.2, 0.25) is 0 Å². The van der Waals surface area contributed by atoms with Crippen molar-refractivity contribution in [2.24, 2.45) is 0 Å². The molecule has 0 radical (unpaired) electrons. The van der Waals surface area contributed by atoms with Gasteiger partial charge < -0.3 is 15.0 Å². The Bertz CT molecular complexity index is 205. The first kappa shape index (κ1) is 6.64. The number of rotatable bonds is 1. The van der Waals surface area contributed by atoms with E-state index in [0.29, 0.717) is 12.6 Å². The molecular weight excluding hydrogens is 144 g/mol. The molecule has 2 rings (SSSR count). The lowest BCUT2D eigenvalue weighted by Gasteiger charge is -2.25. The molecule has 0 aromatic heterocycles. The van der Waals surface area contributed by atoms with Crippen molar-refractivity contribution in [2.45, 2.75) is 24.9 Å². The zero-order chi connectivity index (χ0) is 7.84. The summed E-state index contributed by atoms with van der Waals surface area (Å²) in [5.74, 6) is 0. The molecule has 4 nitrogen and oxygen atoms in total. The summed E-state index contributed by atoms with van der Waals surface area (Å²) < 4.78 is 0. The monoisotopic (exact) mass is 154 g/mol. The van der Waals surface area contributed by atoms with Crippen molar-refractivity contribution in [1.29, 1.82) is 0 Å². The van der Waals surface area contributed by atoms with E-state index in [4.69, 9.17) is 0 Å². The molecule has 11 heavy (non-hydrogen) atoms. The van der Waals surface area contributed by atoms with Crippen molar-refractivity contribution in [1.82, 2.24) is 10.2 Å². The number of hydrogen-bond acceptors (Lipinski definition) is 2. The summed E-state index contributed by atoms with van der Waals surface area (Å²) in [6.45, 7) is 0.711. The van der Waals surface area contributed by atoms with Gasteiger partial charge in [0.05, 0.1) is 6.04 Å². The third-order valence-corrected chi connectivity index (χ3v) is 2.37. The van der Waals surface area contributed by atoms with E-state index in [1.54, 1.807) is 4.90 Å². The molecule has 4 heteroatoms. The zero-order valence-corrected chi connectivity index (χ0v) is 6.12. The summed E-state index contributed by atoms with van der Waals surface area (Å²) in [6, 6.07) is 0.0389. The lowest BCUT2D eigenvalue weighted by molar-refractivity contribution is -0.112. The fraction of sp³-hybridized carbons (Fsp3) is 0.714. The first-order valence-electron chi connectivity index (χ1n) is 3.83. The summed E-state index contributed by atoms with van der Waals surface area (Å²) in [4.78, 5) is 23.2. The van der Waals surface area contributed by atoms with Gasteiger partial charge in [-0.3, -0.25) is 0 Å². The van der Waals surface area contributed by atoms with Gasteiger partial charge in [-0.15, -0.1) is 0 Å². The molecule has 2 fully saturated rings. The Balaban J connectivity index is 2.18. The van der Waals surface area contributed by atoms with E-state index in [2.05, 4.69) is 5.32 Å². The van der Waals surface area contributed by atoms with E-state index in [1.807, 2.05) is 0 Å². The summed E-state index contributed by atoms with van der Waals surface area (Å²) in [5.41, 5.74) is 0. The van der Waals surface area contributed by atoms with Crippen LogP contribution < -0.4 is 5.32 Å².